The largest absolute Gasteiger partial charge is 0.447 e. The number of nitrogens with two attached hydrogens (primary N) is 1. The lowest BCUT2D eigenvalue weighted by molar-refractivity contribution is -0.115. The van der Waals surface area contributed by atoms with E-state index in [0.717, 1.165) is 32.1 Å². The van der Waals surface area contributed by atoms with Crippen LogP contribution in [0.2, 0.25) is 0 Å². The quantitative estimate of drug-likeness (QED) is 0.739. The Morgan fingerprint density at radius 1 is 1.05 bits per heavy atom. The van der Waals surface area contributed by atoms with Gasteiger partial charge in [0.15, 0.2) is 0 Å². The van der Waals surface area contributed by atoms with Crippen molar-refractivity contribution >= 4 is 12.5 Å². The molecule has 2 amide bonds. The van der Waals surface area contributed by atoms with Gasteiger partial charge in [-0.15, -0.1) is 0 Å². The molecule has 2 saturated carbocycles. The van der Waals surface area contributed by atoms with E-state index in [1.54, 1.807) is 0 Å². The summed E-state index contributed by atoms with van der Waals surface area (Å²) in [5.74, 6) is 0.776. The van der Waals surface area contributed by atoms with Crippen molar-refractivity contribution in [1.29, 1.82) is 0 Å². The number of nitrogens with one attached hydrogen (secondary N) is 1. The summed E-state index contributed by atoms with van der Waals surface area (Å²) in [6.45, 7) is 0.219. The van der Waals surface area contributed by atoms with E-state index in [1.807, 2.05) is 0 Å². The molecule has 0 saturated heterocycles. The third-order valence-electron chi connectivity index (χ3n) is 5.45. The molecule has 0 aromatic carbocycles. The molecule has 2 aliphatic rings. The summed E-state index contributed by atoms with van der Waals surface area (Å²) in [5, 5.41) is 3.08. The summed E-state index contributed by atoms with van der Waals surface area (Å²) in [6.07, 6.45) is 11.7. The Balaban J connectivity index is 2.21. The van der Waals surface area contributed by atoms with Crippen molar-refractivity contribution < 1.29 is 14.3 Å². The maximum absolute atomic E-state index is 11.3. The minimum Gasteiger partial charge on any atom is -0.447 e. The van der Waals surface area contributed by atoms with Crippen molar-refractivity contribution in [3.63, 3.8) is 0 Å². The molecule has 0 aliphatic heterocycles. The van der Waals surface area contributed by atoms with Crippen molar-refractivity contribution in [2.24, 2.45) is 17.6 Å². The van der Waals surface area contributed by atoms with Gasteiger partial charge < -0.3 is 15.8 Å². The molecule has 21 heavy (non-hydrogen) atoms. The van der Waals surface area contributed by atoms with E-state index in [-0.39, 0.29) is 6.61 Å². The SMILES string of the molecule is NC(=O)OCC(NC=O)(C1CCCCC1)C1CCCCC1. The second-order valence-electron chi connectivity index (χ2n) is 6.58. The molecule has 0 radical (unpaired) electrons. The molecule has 5 heteroatoms. The van der Waals surface area contributed by atoms with Crippen molar-refractivity contribution in [2.75, 3.05) is 6.61 Å². The molecule has 0 spiro atoms. The van der Waals surface area contributed by atoms with E-state index in [0.29, 0.717) is 11.8 Å². The third kappa shape index (κ3) is 3.89. The average molecular weight is 296 g/mol. The van der Waals surface area contributed by atoms with Crippen LogP contribution in [-0.2, 0) is 9.53 Å². The van der Waals surface area contributed by atoms with Crippen LogP contribution >= 0.6 is 0 Å². The van der Waals surface area contributed by atoms with Crippen molar-refractivity contribution in [3.05, 3.63) is 0 Å². The van der Waals surface area contributed by atoms with Gasteiger partial charge in [0.05, 0.1) is 5.54 Å². The van der Waals surface area contributed by atoms with Crippen molar-refractivity contribution in [1.82, 2.24) is 5.32 Å². The van der Waals surface area contributed by atoms with Crippen LogP contribution in [0.5, 0.6) is 0 Å². The second-order valence-corrected chi connectivity index (χ2v) is 6.58. The van der Waals surface area contributed by atoms with Crippen molar-refractivity contribution in [2.45, 2.75) is 69.7 Å². The molecular formula is C16H28N2O3. The number of hydrogen-bond donors (Lipinski definition) is 2. The maximum atomic E-state index is 11.3. The van der Waals surface area contributed by atoms with E-state index in [1.165, 1.54) is 38.5 Å². The van der Waals surface area contributed by atoms with Gasteiger partial charge in [-0.25, -0.2) is 4.79 Å². The van der Waals surface area contributed by atoms with Crippen LogP contribution in [0.25, 0.3) is 0 Å². The fourth-order valence-electron chi connectivity index (χ4n) is 4.38. The minimum absolute atomic E-state index is 0.219. The van der Waals surface area contributed by atoms with E-state index < -0.39 is 11.6 Å². The Kier molecular flexibility index (Phi) is 5.88. The number of primary amides is 1. The van der Waals surface area contributed by atoms with Crippen LogP contribution in [0, 0.1) is 11.8 Å². The number of amides is 2. The van der Waals surface area contributed by atoms with E-state index in [2.05, 4.69) is 5.32 Å². The number of hydrogen-bond acceptors (Lipinski definition) is 3. The zero-order valence-electron chi connectivity index (χ0n) is 12.8. The first-order chi connectivity index (χ1) is 10.2. The first kappa shape index (κ1) is 16.1. The Labute approximate surface area is 127 Å². The van der Waals surface area contributed by atoms with Crippen molar-refractivity contribution in [3.8, 4) is 0 Å². The van der Waals surface area contributed by atoms with Gasteiger partial charge in [-0.3, -0.25) is 4.79 Å². The predicted octanol–water partition coefficient (Wildman–Crippen LogP) is 2.73. The molecule has 0 bridgehead atoms. The summed E-state index contributed by atoms with van der Waals surface area (Å²) >= 11 is 0. The summed E-state index contributed by atoms with van der Waals surface area (Å²) in [7, 11) is 0. The van der Waals surface area contributed by atoms with Crippen LogP contribution in [0.3, 0.4) is 0 Å². The number of carbonyl (C=O) groups excluding carboxylic acids is 2. The maximum Gasteiger partial charge on any atom is 0.404 e. The fourth-order valence-corrected chi connectivity index (χ4v) is 4.38. The molecule has 120 valence electrons. The first-order valence-electron chi connectivity index (χ1n) is 8.32. The molecule has 0 aromatic heterocycles. The highest BCUT2D eigenvalue weighted by atomic mass is 16.5. The smallest absolute Gasteiger partial charge is 0.404 e. The summed E-state index contributed by atoms with van der Waals surface area (Å²) in [6, 6.07) is 0. The van der Waals surface area contributed by atoms with Crippen LogP contribution < -0.4 is 11.1 Å². The number of ether oxygens (including phenoxy) is 1. The molecule has 5 nitrogen and oxygen atoms in total. The highest BCUT2D eigenvalue weighted by molar-refractivity contribution is 5.64. The Morgan fingerprint density at radius 3 is 1.90 bits per heavy atom. The second kappa shape index (κ2) is 7.66. The van der Waals surface area contributed by atoms with E-state index in [9.17, 15) is 9.59 Å². The van der Waals surface area contributed by atoms with E-state index in [4.69, 9.17) is 10.5 Å². The highest BCUT2D eigenvalue weighted by Crippen LogP contribution is 2.43. The normalized spacial score (nSPS) is 21.7. The van der Waals surface area contributed by atoms with Crippen LogP contribution in [0.1, 0.15) is 64.2 Å². The predicted molar refractivity (Wildman–Crippen MR) is 80.6 cm³/mol. The molecule has 2 rings (SSSR count). The van der Waals surface area contributed by atoms with Gasteiger partial charge in [0.1, 0.15) is 6.61 Å². The molecule has 0 atom stereocenters. The van der Waals surface area contributed by atoms with Gasteiger partial charge in [-0.1, -0.05) is 38.5 Å². The van der Waals surface area contributed by atoms with Crippen LogP contribution in [0.15, 0.2) is 0 Å². The average Bonchev–Trinajstić information content (AvgIpc) is 2.53. The standard InChI is InChI=1S/C16H28N2O3/c17-15(20)21-11-16(18-12-19,13-7-3-1-4-8-13)14-9-5-2-6-10-14/h12-14H,1-11H2,(H2,17,20)(H,18,19). The Bertz CT molecular complexity index is 329. The molecular weight excluding hydrogens is 268 g/mol. The molecule has 2 aliphatic carbocycles. The molecule has 0 aromatic rings. The summed E-state index contributed by atoms with van der Waals surface area (Å²) < 4.78 is 5.18. The Hall–Kier alpha value is -1.26. The number of rotatable bonds is 6. The monoisotopic (exact) mass is 296 g/mol. The molecule has 2 fully saturated rings. The minimum atomic E-state index is -0.751. The first-order valence-corrected chi connectivity index (χ1v) is 8.32. The van der Waals surface area contributed by atoms with Gasteiger partial charge in [0.2, 0.25) is 6.41 Å². The highest BCUT2D eigenvalue weighted by Gasteiger charge is 2.46. The van der Waals surface area contributed by atoms with Gasteiger partial charge in [0.25, 0.3) is 0 Å². The number of carbonyl (C=O) groups is 2. The van der Waals surface area contributed by atoms with Gasteiger partial charge >= 0.3 is 6.09 Å². The zero-order chi connectivity index (χ0) is 15.1. The molecule has 0 heterocycles. The fraction of sp³-hybridized carbons (Fsp3) is 0.875. The third-order valence-corrected chi connectivity index (χ3v) is 5.45. The summed E-state index contributed by atoms with van der Waals surface area (Å²) in [4.78, 5) is 22.4. The van der Waals surface area contributed by atoms with E-state index >= 15 is 0 Å². The molecule has 0 unspecified atom stereocenters. The van der Waals surface area contributed by atoms with Gasteiger partial charge in [-0.05, 0) is 37.5 Å². The van der Waals surface area contributed by atoms with Gasteiger partial charge in [0, 0.05) is 0 Å². The van der Waals surface area contributed by atoms with Crippen LogP contribution in [-0.4, -0.2) is 24.6 Å². The summed E-state index contributed by atoms with van der Waals surface area (Å²) in [5.41, 5.74) is 4.76. The lowest BCUT2D eigenvalue weighted by atomic mass is 9.64. The lowest BCUT2D eigenvalue weighted by Crippen LogP contribution is -2.60. The molecule has 3 N–H and O–H groups in total. The topological polar surface area (TPSA) is 81.4 Å². The Morgan fingerprint density at radius 2 is 1.52 bits per heavy atom. The van der Waals surface area contributed by atoms with Crippen LogP contribution in [0.4, 0.5) is 4.79 Å². The van der Waals surface area contributed by atoms with Gasteiger partial charge in [-0.2, -0.15) is 0 Å². The zero-order valence-corrected chi connectivity index (χ0v) is 12.8. The lowest BCUT2D eigenvalue weighted by Gasteiger charge is -2.48.